The molecule has 1 atom stereocenters. The van der Waals surface area contributed by atoms with Crippen molar-refractivity contribution in [1.29, 1.82) is 0 Å². The van der Waals surface area contributed by atoms with Gasteiger partial charge in [0.1, 0.15) is 6.54 Å². The first-order valence-corrected chi connectivity index (χ1v) is 10.4. The first-order chi connectivity index (χ1) is 11.5. The van der Waals surface area contributed by atoms with E-state index in [0.29, 0.717) is 16.7 Å². The zero-order valence-corrected chi connectivity index (χ0v) is 18.6. The average Bonchev–Trinajstić information content (AvgIpc) is 2.58. The van der Waals surface area contributed by atoms with Crippen LogP contribution in [0.3, 0.4) is 0 Å². The van der Waals surface area contributed by atoms with Crippen LogP contribution in [0.5, 0.6) is 0 Å². The fourth-order valence-electron chi connectivity index (χ4n) is 3.94. The lowest BCUT2D eigenvalue weighted by Gasteiger charge is -2.42. The Balaban J connectivity index is 3.19. The molecule has 0 bridgehead atoms. The van der Waals surface area contributed by atoms with E-state index in [-0.39, 0.29) is 0 Å². The van der Waals surface area contributed by atoms with Crippen molar-refractivity contribution in [3.05, 3.63) is 35.4 Å². The number of hydrogen-bond acceptors (Lipinski definition) is 0. The summed E-state index contributed by atoms with van der Waals surface area (Å²) in [4.78, 5) is 0. The molecule has 0 heterocycles. The molecule has 0 fully saturated rings. The maximum atomic E-state index is 2.50. The lowest BCUT2D eigenvalue weighted by atomic mass is 9.63. The number of nitrogens with zero attached hydrogens (tertiary/aromatic N) is 1. The van der Waals surface area contributed by atoms with Gasteiger partial charge in [-0.1, -0.05) is 91.5 Å². The monoisotopic (exact) mass is 346 g/mol. The maximum absolute atomic E-state index is 2.50. The molecule has 0 spiro atoms. The van der Waals surface area contributed by atoms with Crippen LogP contribution in [-0.2, 0) is 6.54 Å². The standard InChI is InChI=1S/C24H44N/c1-10-23(5,11-2)18-22(24(6,12-3)13-4)21-16-14-20(15-17-21)19-25(7,8)9/h14-17,22H,10-13,18-19H2,1-9H3/q+1. The zero-order chi connectivity index (χ0) is 19.3. The second-order valence-electron chi connectivity index (χ2n) is 9.83. The molecule has 0 N–H and O–H groups in total. The van der Waals surface area contributed by atoms with Gasteiger partial charge in [0.05, 0.1) is 21.1 Å². The Hall–Kier alpha value is -0.820. The molecule has 0 saturated carbocycles. The van der Waals surface area contributed by atoms with Crippen LogP contribution in [0.2, 0.25) is 0 Å². The van der Waals surface area contributed by atoms with Crippen molar-refractivity contribution in [3.8, 4) is 0 Å². The van der Waals surface area contributed by atoms with Crippen LogP contribution in [0.15, 0.2) is 24.3 Å². The Labute approximate surface area is 158 Å². The maximum Gasteiger partial charge on any atom is 0.104 e. The first-order valence-electron chi connectivity index (χ1n) is 10.4. The summed E-state index contributed by atoms with van der Waals surface area (Å²) < 4.78 is 0.980. The molecule has 0 radical (unpaired) electrons. The predicted molar refractivity (Wildman–Crippen MR) is 113 cm³/mol. The topological polar surface area (TPSA) is 0 Å². The lowest BCUT2D eigenvalue weighted by molar-refractivity contribution is -0.884. The average molecular weight is 347 g/mol. The quantitative estimate of drug-likeness (QED) is 0.399. The van der Waals surface area contributed by atoms with Crippen molar-refractivity contribution < 1.29 is 4.48 Å². The van der Waals surface area contributed by atoms with E-state index >= 15 is 0 Å². The summed E-state index contributed by atoms with van der Waals surface area (Å²) in [6, 6.07) is 9.58. The second kappa shape index (κ2) is 8.71. The minimum atomic E-state index is 0.382. The van der Waals surface area contributed by atoms with Gasteiger partial charge in [0.2, 0.25) is 0 Å². The van der Waals surface area contributed by atoms with Gasteiger partial charge in [0.25, 0.3) is 0 Å². The van der Waals surface area contributed by atoms with Gasteiger partial charge in [-0.3, -0.25) is 0 Å². The van der Waals surface area contributed by atoms with Gasteiger partial charge in [-0.25, -0.2) is 0 Å². The van der Waals surface area contributed by atoms with Crippen molar-refractivity contribution in [3.63, 3.8) is 0 Å². The van der Waals surface area contributed by atoms with Crippen molar-refractivity contribution in [2.45, 2.75) is 86.1 Å². The molecule has 1 aromatic carbocycles. The van der Waals surface area contributed by atoms with E-state index in [0.717, 1.165) is 11.0 Å². The number of hydrogen-bond donors (Lipinski definition) is 0. The molecular weight excluding hydrogens is 302 g/mol. The number of quaternary nitrogens is 1. The van der Waals surface area contributed by atoms with Crippen LogP contribution in [0.1, 0.15) is 90.7 Å². The Morgan fingerprint density at radius 3 is 1.64 bits per heavy atom. The molecule has 0 aromatic heterocycles. The smallest absolute Gasteiger partial charge is 0.104 e. The minimum absolute atomic E-state index is 0.382. The molecule has 0 saturated heterocycles. The van der Waals surface area contributed by atoms with E-state index in [1.54, 1.807) is 5.56 Å². The Bertz CT molecular complexity index is 498. The van der Waals surface area contributed by atoms with Gasteiger partial charge in [-0.15, -0.1) is 0 Å². The number of benzene rings is 1. The Kier molecular flexibility index (Phi) is 7.74. The third-order valence-corrected chi connectivity index (χ3v) is 6.90. The SMILES string of the molecule is CCC(C)(CC)CC(c1ccc(C[N+](C)(C)C)cc1)C(C)(CC)CC. The predicted octanol–water partition coefficient (Wildman–Crippen LogP) is 7.02. The summed E-state index contributed by atoms with van der Waals surface area (Å²) >= 11 is 0. The van der Waals surface area contributed by atoms with E-state index in [9.17, 15) is 0 Å². The molecule has 25 heavy (non-hydrogen) atoms. The molecule has 0 amide bonds. The fourth-order valence-corrected chi connectivity index (χ4v) is 3.94. The first kappa shape index (κ1) is 22.2. The van der Waals surface area contributed by atoms with Crippen molar-refractivity contribution in [2.24, 2.45) is 10.8 Å². The summed E-state index contributed by atoms with van der Waals surface area (Å²) in [6.45, 7) is 15.5. The van der Waals surface area contributed by atoms with E-state index in [2.05, 4.69) is 87.0 Å². The highest BCUT2D eigenvalue weighted by molar-refractivity contribution is 5.27. The van der Waals surface area contributed by atoms with Crippen molar-refractivity contribution in [2.75, 3.05) is 21.1 Å². The van der Waals surface area contributed by atoms with E-state index in [4.69, 9.17) is 0 Å². The van der Waals surface area contributed by atoms with Gasteiger partial charge in [-0.05, 0) is 28.7 Å². The third kappa shape index (κ3) is 6.13. The molecule has 0 aliphatic heterocycles. The van der Waals surface area contributed by atoms with E-state index < -0.39 is 0 Å². The van der Waals surface area contributed by atoms with Gasteiger partial charge < -0.3 is 4.48 Å². The van der Waals surface area contributed by atoms with Crippen LogP contribution >= 0.6 is 0 Å². The van der Waals surface area contributed by atoms with Crippen LogP contribution in [-0.4, -0.2) is 25.6 Å². The second-order valence-corrected chi connectivity index (χ2v) is 9.83. The van der Waals surface area contributed by atoms with Gasteiger partial charge >= 0.3 is 0 Å². The fraction of sp³-hybridized carbons (Fsp3) is 0.750. The van der Waals surface area contributed by atoms with Crippen LogP contribution in [0.4, 0.5) is 0 Å². The molecule has 1 heteroatoms. The molecule has 1 unspecified atom stereocenters. The summed E-state index contributed by atoms with van der Waals surface area (Å²) in [7, 11) is 6.78. The molecule has 1 aromatic rings. The van der Waals surface area contributed by atoms with Crippen molar-refractivity contribution >= 4 is 0 Å². The van der Waals surface area contributed by atoms with Crippen LogP contribution < -0.4 is 0 Å². The van der Waals surface area contributed by atoms with Crippen molar-refractivity contribution in [1.82, 2.24) is 0 Å². The Morgan fingerprint density at radius 2 is 1.28 bits per heavy atom. The van der Waals surface area contributed by atoms with E-state index in [1.807, 2.05) is 0 Å². The van der Waals surface area contributed by atoms with Gasteiger partial charge in [0, 0.05) is 5.56 Å². The molecule has 1 rings (SSSR count). The summed E-state index contributed by atoms with van der Waals surface area (Å²) in [5, 5.41) is 0. The summed E-state index contributed by atoms with van der Waals surface area (Å²) in [5.74, 6) is 0.644. The van der Waals surface area contributed by atoms with Crippen LogP contribution in [0, 0.1) is 10.8 Å². The Morgan fingerprint density at radius 1 is 0.800 bits per heavy atom. The summed E-state index contributed by atoms with van der Waals surface area (Å²) in [6.07, 6.45) is 6.33. The zero-order valence-electron chi connectivity index (χ0n) is 18.6. The molecule has 0 aliphatic rings. The molecule has 144 valence electrons. The molecule has 1 nitrogen and oxygen atoms in total. The largest absolute Gasteiger partial charge is 0.327 e. The highest BCUT2D eigenvalue weighted by atomic mass is 15.3. The third-order valence-electron chi connectivity index (χ3n) is 6.90. The van der Waals surface area contributed by atoms with Gasteiger partial charge in [-0.2, -0.15) is 0 Å². The summed E-state index contributed by atoms with van der Waals surface area (Å²) in [5.41, 5.74) is 3.81. The molecule has 0 aliphatic carbocycles. The van der Waals surface area contributed by atoms with E-state index in [1.165, 1.54) is 37.7 Å². The molecular formula is C24H44N+. The lowest BCUT2D eigenvalue weighted by Crippen LogP contribution is -2.33. The normalized spacial score (nSPS) is 14.6. The van der Waals surface area contributed by atoms with Crippen LogP contribution in [0.25, 0.3) is 0 Å². The minimum Gasteiger partial charge on any atom is -0.327 e. The van der Waals surface area contributed by atoms with Gasteiger partial charge in [0.15, 0.2) is 0 Å². The highest BCUT2D eigenvalue weighted by Crippen LogP contribution is 2.49. The highest BCUT2D eigenvalue weighted by Gasteiger charge is 2.36. The number of rotatable bonds is 10.